The Bertz CT molecular complexity index is 1600. The molecule has 0 bridgehead atoms. The van der Waals surface area contributed by atoms with Gasteiger partial charge in [0, 0.05) is 12.0 Å². The van der Waals surface area contributed by atoms with Crippen molar-refractivity contribution in [3.63, 3.8) is 0 Å². The summed E-state index contributed by atoms with van der Waals surface area (Å²) in [4.78, 5) is 25.3. The highest BCUT2D eigenvalue weighted by Crippen LogP contribution is 2.37. The van der Waals surface area contributed by atoms with Crippen LogP contribution in [-0.4, -0.2) is 47.2 Å². The summed E-state index contributed by atoms with van der Waals surface area (Å²) >= 11 is 12.5. The van der Waals surface area contributed by atoms with Gasteiger partial charge in [0.2, 0.25) is 10.0 Å². The Kier molecular flexibility index (Phi) is 10.8. The van der Waals surface area contributed by atoms with E-state index in [4.69, 9.17) is 37.4 Å². The van der Waals surface area contributed by atoms with Gasteiger partial charge in [-0.15, -0.1) is 0 Å². The maximum absolute atomic E-state index is 13.0. The third-order valence-electron chi connectivity index (χ3n) is 6.44. The zero-order valence-electron chi connectivity index (χ0n) is 23.0. The lowest BCUT2D eigenvalue weighted by Crippen LogP contribution is -2.26. The zero-order chi connectivity index (χ0) is 32.0. The van der Waals surface area contributed by atoms with Crippen LogP contribution in [0.4, 0.5) is 8.78 Å². The lowest BCUT2D eigenvalue weighted by atomic mass is 10.0. The van der Waals surface area contributed by atoms with Gasteiger partial charge in [0.1, 0.15) is 16.1 Å². The number of ether oxygens (including phenoxy) is 4. The molecule has 1 saturated carbocycles. The fraction of sp³-hybridized carbons (Fsp3) is 0.321. The molecule has 1 aliphatic carbocycles. The molecule has 1 N–H and O–H groups in total. The summed E-state index contributed by atoms with van der Waals surface area (Å²) in [6.07, 6.45) is 2.67. The monoisotopic (exact) mass is 674 g/mol. The number of carbonyl (C=O) groups excluding carboxylic acids is 2. The maximum Gasteiger partial charge on any atom is 0.387 e. The summed E-state index contributed by atoms with van der Waals surface area (Å²) < 4.78 is 73.4. The molecule has 1 aliphatic rings. The van der Waals surface area contributed by atoms with Gasteiger partial charge in [-0.05, 0) is 67.8 Å². The summed E-state index contributed by atoms with van der Waals surface area (Å²) in [7, 11) is -2.49. The van der Waals surface area contributed by atoms with Crippen LogP contribution in [0.15, 0.2) is 59.8 Å². The number of nitrogens with zero attached hydrogens (tertiary/aromatic N) is 1. The third kappa shape index (κ3) is 8.91. The summed E-state index contributed by atoms with van der Waals surface area (Å²) in [6, 6.07) is 8.82. The Morgan fingerprint density at radius 3 is 2.32 bits per heavy atom. The number of aromatic nitrogens is 1. The molecule has 0 saturated heterocycles. The fourth-order valence-corrected chi connectivity index (χ4v) is 5.28. The molecule has 16 heteroatoms. The summed E-state index contributed by atoms with van der Waals surface area (Å²) in [5, 5.41) is 11.7. The lowest BCUT2D eigenvalue weighted by Gasteiger charge is -2.21. The Balaban J connectivity index is 1.54. The molecule has 1 unspecified atom stereocenters. The van der Waals surface area contributed by atoms with E-state index in [-0.39, 0.29) is 62.1 Å². The van der Waals surface area contributed by atoms with Crippen molar-refractivity contribution in [3.05, 3.63) is 86.8 Å². The van der Waals surface area contributed by atoms with Crippen molar-refractivity contribution in [2.75, 3.05) is 20.3 Å². The van der Waals surface area contributed by atoms with Crippen LogP contribution < -0.4 is 18.9 Å². The summed E-state index contributed by atoms with van der Waals surface area (Å²) in [5.74, 6) is -1.86. The molecule has 0 radical (unpaired) electrons. The van der Waals surface area contributed by atoms with Gasteiger partial charge in [-0.2, -0.15) is 13.5 Å². The van der Waals surface area contributed by atoms with Crippen molar-refractivity contribution in [1.82, 2.24) is 4.72 Å². The largest absolute Gasteiger partial charge is 0.619 e. The molecule has 2 aromatic carbocycles. The molecular formula is C28H26Cl2F2N2O9S. The van der Waals surface area contributed by atoms with E-state index in [0.29, 0.717) is 4.73 Å². The second-order valence-electron chi connectivity index (χ2n) is 9.62. The highest BCUT2D eigenvalue weighted by molar-refractivity contribution is 7.89. The van der Waals surface area contributed by atoms with E-state index in [1.54, 1.807) is 0 Å². The van der Waals surface area contributed by atoms with E-state index < -0.39 is 41.3 Å². The first-order valence-corrected chi connectivity index (χ1v) is 15.3. The van der Waals surface area contributed by atoms with E-state index in [1.807, 2.05) is 0 Å². The summed E-state index contributed by atoms with van der Waals surface area (Å²) in [5.41, 5.74) is 0.509. The minimum Gasteiger partial charge on any atom is -0.619 e. The first-order valence-electron chi connectivity index (χ1n) is 13.0. The quantitative estimate of drug-likeness (QED) is 0.147. The number of carbonyl (C=O) groups is 2. The van der Waals surface area contributed by atoms with Crippen LogP contribution in [0, 0.1) is 11.1 Å². The number of pyridine rings is 1. The highest BCUT2D eigenvalue weighted by atomic mass is 35.5. The third-order valence-corrected chi connectivity index (χ3v) is 8.52. The number of halogens is 4. The van der Waals surface area contributed by atoms with Crippen LogP contribution in [0.1, 0.15) is 40.4 Å². The van der Waals surface area contributed by atoms with E-state index in [1.165, 1.54) is 49.5 Å². The SMILES string of the molecule is CNS(=O)(=O)c1ccc(C(=O)OCC(=O)OC(Cc2c(Cl)c[n+]([O-])cc2Cl)c2ccc(OC(F)F)c(OCC3CC3)c2)cc1. The number of esters is 2. The standard InChI is InChI=1S/C28H26Cl2F2N2O9S/c1-33-44(38,39)19-7-4-17(5-8-19)27(36)41-15-26(35)42-24(11-20-21(29)12-34(37)13-22(20)30)18-6-9-23(43-28(31)32)25(10-18)40-14-16-2-3-16/h4-10,12-13,16,24,28,33H,2-3,11,14-15H2,1H3. The molecule has 1 atom stereocenters. The number of nitrogens with one attached hydrogen (secondary N) is 1. The molecule has 4 rings (SSSR count). The molecule has 0 spiro atoms. The topological polar surface area (TPSA) is 144 Å². The van der Waals surface area contributed by atoms with Gasteiger partial charge in [-0.3, -0.25) is 0 Å². The van der Waals surface area contributed by atoms with Gasteiger partial charge in [-0.1, -0.05) is 29.3 Å². The molecule has 236 valence electrons. The lowest BCUT2D eigenvalue weighted by molar-refractivity contribution is -0.605. The number of hydrogen-bond acceptors (Lipinski definition) is 9. The maximum atomic E-state index is 13.0. The van der Waals surface area contributed by atoms with Crippen LogP contribution in [0.25, 0.3) is 0 Å². The smallest absolute Gasteiger partial charge is 0.387 e. The molecule has 1 heterocycles. The van der Waals surface area contributed by atoms with Gasteiger partial charge < -0.3 is 24.2 Å². The molecule has 1 aromatic heterocycles. The Labute approximate surface area is 261 Å². The zero-order valence-corrected chi connectivity index (χ0v) is 25.3. The van der Waals surface area contributed by atoms with Crippen molar-refractivity contribution in [2.45, 2.75) is 36.9 Å². The van der Waals surface area contributed by atoms with Crippen molar-refractivity contribution >= 4 is 45.2 Å². The highest BCUT2D eigenvalue weighted by Gasteiger charge is 2.27. The Morgan fingerprint density at radius 2 is 1.73 bits per heavy atom. The van der Waals surface area contributed by atoms with Gasteiger partial charge in [0.25, 0.3) is 0 Å². The van der Waals surface area contributed by atoms with Gasteiger partial charge >= 0.3 is 18.6 Å². The van der Waals surface area contributed by atoms with Crippen molar-refractivity contribution in [1.29, 1.82) is 0 Å². The van der Waals surface area contributed by atoms with Gasteiger partial charge in [0.05, 0.1) is 17.1 Å². The second kappa shape index (κ2) is 14.4. The number of sulfonamides is 1. The number of alkyl halides is 2. The predicted molar refractivity (Wildman–Crippen MR) is 152 cm³/mol. The van der Waals surface area contributed by atoms with Crippen LogP contribution in [0.5, 0.6) is 11.5 Å². The second-order valence-corrected chi connectivity index (χ2v) is 12.3. The minimum atomic E-state index is -3.73. The van der Waals surface area contributed by atoms with Crippen molar-refractivity contribution < 1.29 is 50.5 Å². The van der Waals surface area contributed by atoms with E-state index in [2.05, 4.69) is 9.46 Å². The molecule has 44 heavy (non-hydrogen) atoms. The molecule has 1 fully saturated rings. The van der Waals surface area contributed by atoms with Gasteiger partial charge in [-0.25, -0.2) is 22.7 Å². The molecule has 11 nitrogen and oxygen atoms in total. The minimum absolute atomic E-state index is 0.00596. The van der Waals surface area contributed by atoms with Crippen LogP contribution in [0.2, 0.25) is 10.0 Å². The fourth-order valence-electron chi connectivity index (χ4n) is 3.95. The van der Waals surface area contributed by atoms with Gasteiger partial charge in [0.15, 0.2) is 30.5 Å². The first-order chi connectivity index (χ1) is 20.9. The van der Waals surface area contributed by atoms with E-state index in [0.717, 1.165) is 25.2 Å². The van der Waals surface area contributed by atoms with Crippen LogP contribution in [-0.2, 0) is 30.7 Å². The van der Waals surface area contributed by atoms with Crippen LogP contribution in [0.3, 0.4) is 0 Å². The molecule has 0 amide bonds. The van der Waals surface area contributed by atoms with Crippen molar-refractivity contribution in [2.24, 2.45) is 5.92 Å². The van der Waals surface area contributed by atoms with E-state index in [9.17, 15) is 32.0 Å². The Morgan fingerprint density at radius 1 is 1.07 bits per heavy atom. The number of hydrogen-bond donors (Lipinski definition) is 1. The molecular weight excluding hydrogens is 649 g/mol. The summed E-state index contributed by atoms with van der Waals surface area (Å²) in [6.45, 7) is -3.68. The van der Waals surface area contributed by atoms with E-state index >= 15 is 0 Å². The predicted octanol–water partition coefficient (Wildman–Crippen LogP) is 4.61. The van der Waals surface area contributed by atoms with Crippen LogP contribution >= 0.6 is 23.2 Å². The normalized spacial score (nSPS) is 13.8. The molecule has 3 aromatic rings. The number of rotatable bonds is 14. The van der Waals surface area contributed by atoms with Crippen molar-refractivity contribution in [3.8, 4) is 11.5 Å². The molecule has 0 aliphatic heterocycles. The average molecular weight is 675 g/mol. The number of benzene rings is 2. The Hall–Kier alpha value is -3.72. The average Bonchev–Trinajstić information content (AvgIpc) is 3.81. The first kappa shape index (κ1) is 33.2.